The smallest absolute Gasteiger partial charge is 0.239 e. The molecule has 0 unspecified atom stereocenters. The van der Waals surface area contributed by atoms with Gasteiger partial charge in [0.05, 0.1) is 5.25 Å². The van der Waals surface area contributed by atoms with Gasteiger partial charge >= 0.3 is 0 Å². The van der Waals surface area contributed by atoms with Crippen LogP contribution in [0.5, 0.6) is 0 Å². The number of aromatic nitrogens is 2. The van der Waals surface area contributed by atoms with E-state index < -0.39 is 0 Å². The second kappa shape index (κ2) is 8.97. The molecule has 1 heterocycles. The van der Waals surface area contributed by atoms with E-state index in [9.17, 15) is 4.79 Å². The molecule has 1 atom stereocenters. The Bertz CT molecular complexity index is 616. The normalized spacial score (nSPS) is 11.9. The summed E-state index contributed by atoms with van der Waals surface area (Å²) in [7, 11) is 0. The van der Waals surface area contributed by atoms with Crippen LogP contribution in [0.25, 0.3) is 0 Å². The Morgan fingerprint density at radius 2 is 2.18 bits per heavy atom. The molecular formula is C15H17N3OS3. The van der Waals surface area contributed by atoms with Crippen LogP contribution in [-0.4, -0.2) is 27.1 Å². The van der Waals surface area contributed by atoms with Crippen LogP contribution >= 0.6 is 34.9 Å². The fourth-order valence-electron chi connectivity index (χ4n) is 1.53. The van der Waals surface area contributed by atoms with E-state index in [0.717, 1.165) is 15.8 Å². The molecule has 116 valence electrons. The summed E-state index contributed by atoms with van der Waals surface area (Å²) in [6.45, 7) is 5.56. The van der Waals surface area contributed by atoms with Gasteiger partial charge in [-0.1, -0.05) is 59.5 Å². The van der Waals surface area contributed by atoms with Crippen molar-refractivity contribution in [2.24, 2.45) is 0 Å². The Morgan fingerprint density at radius 3 is 2.91 bits per heavy atom. The number of hydrogen-bond donors (Lipinski definition) is 1. The van der Waals surface area contributed by atoms with Crippen LogP contribution in [0.3, 0.4) is 0 Å². The highest BCUT2D eigenvalue weighted by Gasteiger charge is 2.15. The first-order chi connectivity index (χ1) is 10.7. The van der Waals surface area contributed by atoms with Crippen LogP contribution in [-0.2, 0) is 10.5 Å². The molecule has 0 aliphatic carbocycles. The zero-order valence-electron chi connectivity index (χ0n) is 12.2. The van der Waals surface area contributed by atoms with Crippen molar-refractivity contribution in [3.05, 3.63) is 48.6 Å². The van der Waals surface area contributed by atoms with Crippen LogP contribution in [0.15, 0.2) is 47.3 Å². The van der Waals surface area contributed by atoms with Gasteiger partial charge in [0, 0.05) is 11.5 Å². The number of carbonyl (C=O) groups excluding carboxylic acids is 1. The topological polar surface area (TPSA) is 54.9 Å². The highest BCUT2D eigenvalue weighted by molar-refractivity contribution is 8.01. The van der Waals surface area contributed by atoms with Gasteiger partial charge in [0.1, 0.15) is 0 Å². The first-order valence-electron chi connectivity index (χ1n) is 6.72. The molecule has 0 radical (unpaired) electrons. The summed E-state index contributed by atoms with van der Waals surface area (Å²) in [6, 6.07) is 10.1. The van der Waals surface area contributed by atoms with Gasteiger partial charge in [-0.2, -0.15) is 0 Å². The molecule has 1 N–H and O–H groups in total. The molecule has 0 aliphatic rings. The van der Waals surface area contributed by atoms with Gasteiger partial charge in [0.2, 0.25) is 11.0 Å². The first-order valence-corrected chi connectivity index (χ1v) is 9.57. The molecule has 0 saturated heterocycles. The zero-order valence-corrected chi connectivity index (χ0v) is 14.6. The van der Waals surface area contributed by atoms with E-state index in [0.29, 0.717) is 5.13 Å². The summed E-state index contributed by atoms with van der Waals surface area (Å²) in [4.78, 5) is 12.1. The van der Waals surface area contributed by atoms with Crippen LogP contribution in [0.1, 0.15) is 12.5 Å². The molecule has 0 aliphatic heterocycles. The summed E-state index contributed by atoms with van der Waals surface area (Å²) in [6.07, 6.45) is 1.81. The summed E-state index contributed by atoms with van der Waals surface area (Å²) in [5.74, 6) is 1.55. The SMILES string of the molecule is C=CCSc1nnc(NC(=O)[C@H](C)SCc2ccccc2)s1. The molecule has 0 spiro atoms. The number of amides is 1. The van der Waals surface area contributed by atoms with Crippen molar-refractivity contribution >= 4 is 45.9 Å². The third-order valence-electron chi connectivity index (χ3n) is 2.67. The molecule has 2 aromatic rings. The van der Waals surface area contributed by atoms with Crippen molar-refractivity contribution < 1.29 is 4.79 Å². The van der Waals surface area contributed by atoms with Crippen LogP contribution in [0.4, 0.5) is 5.13 Å². The van der Waals surface area contributed by atoms with Gasteiger partial charge in [-0.25, -0.2) is 0 Å². The predicted octanol–water partition coefficient (Wildman–Crippen LogP) is 4.08. The largest absolute Gasteiger partial charge is 0.300 e. The van der Waals surface area contributed by atoms with E-state index in [1.54, 1.807) is 23.5 Å². The second-order valence-corrected chi connectivity index (χ2v) is 7.97. The van der Waals surface area contributed by atoms with Crippen molar-refractivity contribution in [3.8, 4) is 0 Å². The predicted molar refractivity (Wildman–Crippen MR) is 96.7 cm³/mol. The fourth-order valence-corrected chi connectivity index (χ4v) is 3.89. The molecule has 1 aromatic carbocycles. The number of benzene rings is 1. The average Bonchev–Trinajstić information content (AvgIpc) is 2.99. The Hall–Kier alpha value is -1.31. The van der Waals surface area contributed by atoms with Gasteiger partial charge in [0.15, 0.2) is 4.34 Å². The van der Waals surface area contributed by atoms with E-state index in [2.05, 4.69) is 34.2 Å². The summed E-state index contributed by atoms with van der Waals surface area (Å²) in [5.41, 5.74) is 1.21. The summed E-state index contributed by atoms with van der Waals surface area (Å²) >= 11 is 4.54. The fraction of sp³-hybridized carbons (Fsp3) is 0.267. The second-order valence-electron chi connectivity index (χ2n) is 4.40. The monoisotopic (exact) mass is 351 g/mol. The third kappa shape index (κ3) is 5.47. The molecule has 0 fully saturated rings. The summed E-state index contributed by atoms with van der Waals surface area (Å²) in [5, 5.41) is 11.2. The number of nitrogens with one attached hydrogen (secondary N) is 1. The highest BCUT2D eigenvalue weighted by atomic mass is 32.2. The molecule has 1 amide bonds. The molecule has 1 aromatic heterocycles. The number of rotatable bonds is 8. The van der Waals surface area contributed by atoms with Gasteiger partial charge in [-0.15, -0.1) is 28.5 Å². The first kappa shape index (κ1) is 17.1. The number of hydrogen-bond acceptors (Lipinski definition) is 6. The lowest BCUT2D eigenvalue weighted by Crippen LogP contribution is -2.22. The lowest BCUT2D eigenvalue weighted by Gasteiger charge is -2.10. The van der Waals surface area contributed by atoms with E-state index in [1.807, 2.05) is 31.2 Å². The zero-order chi connectivity index (χ0) is 15.8. The van der Waals surface area contributed by atoms with Crippen molar-refractivity contribution in [3.63, 3.8) is 0 Å². The quantitative estimate of drug-likeness (QED) is 0.441. The molecular weight excluding hydrogens is 334 g/mol. The van der Waals surface area contributed by atoms with Gasteiger partial charge in [-0.3, -0.25) is 10.1 Å². The number of carbonyl (C=O) groups is 1. The van der Waals surface area contributed by atoms with E-state index in [4.69, 9.17) is 0 Å². The van der Waals surface area contributed by atoms with Crippen molar-refractivity contribution in [2.75, 3.05) is 11.1 Å². The van der Waals surface area contributed by atoms with E-state index in [-0.39, 0.29) is 11.2 Å². The van der Waals surface area contributed by atoms with Crippen molar-refractivity contribution in [1.82, 2.24) is 10.2 Å². The highest BCUT2D eigenvalue weighted by Crippen LogP contribution is 2.26. The van der Waals surface area contributed by atoms with Gasteiger partial charge in [-0.05, 0) is 12.5 Å². The lowest BCUT2D eigenvalue weighted by atomic mass is 10.2. The Labute approximate surface area is 142 Å². The molecule has 7 heteroatoms. The minimum Gasteiger partial charge on any atom is -0.300 e. The van der Waals surface area contributed by atoms with E-state index in [1.165, 1.54) is 16.9 Å². The third-order valence-corrected chi connectivity index (χ3v) is 5.86. The van der Waals surface area contributed by atoms with Gasteiger partial charge < -0.3 is 0 Å². The van der Waals surface area contributed by atoms with Gasteiger partial charge in [0.25, 0.3) is 0 Å². The van der Waals surface area contributed by atoms with Crippen LogP contribution in [0, 0.1) is 0 Å². The maximum Gasteiger partial charge on any atom is 0.239 e. The Balaban J connectivity index is 1.80. The standard InChI is InChI=1S/C15H17N3OS3/c1-3-9-20-15-18-17-14(22-15)16-13(19)11(2)21-10-12-7-5-4-6-8-12/h3-8,11H,1,9-10H2,2H3,(H,16,17,19)/t11-/m0/s1. The van der Waals surface area contributed by atoms with Crippen molar-refractivity contribution in [1.29, 1.82) is 0 Å². The molecule has 2 rings (SSSR count). The van der Waals surface area contributed by atoms with Crippen LogP contribution < -0.4 is 5.32 Å². The van der Waals surface area contributed by atoms with Crippen LogP contribution in [0.2, 0.25) is 0 Å². The average molecular weight is 352 g/mol. The van der Waals surface area contributed by atoms with Crippen molar-refractivity contribution in [2.45, 2.75) is 22.3 Å². The molecule has 0 bridgehead atoms. The minimum absolute atomic E-state index is 0.0441. The molecule has 4 nitrogen and oxygen atoms in total. The maximum atomic E-state index is 12.1. The molecule has 0 saturated carbocycles. The van der Waals surface area contributed by atoms with E-state index >= 15 is 0 Å². The maximum absolute atomic E-state index is 12.1. The number of nitrogens with zero attached hydrogens (tertiary/aromatic N) is 2. The molecule has 22 heavy (non-hydrogen) atoms. The lowest BCUT2D eigenvalue weighted by molar-refractivity contribution is -0.115. The number of thioether (sulfide) groups is 2. The minimum atomic E-state index is -0.145. The Morgan fingerprint density at radius 1 is 1.41 bits per heavy atom. The summed E-state index contributed by atoms with van der Waals surface area (Å²) < 4.78 is 0.833. The number of anilines is 1. The Kier molecular flexibility index (Phi) is 6.95.